The van der Waals surface area contributed by atoms with Crippen LogP contribution in [-0.2, 0) is 32.3 Å². The van der Waals surface area contributed by atoms with Gasteiger partial charge in [-0.3, -0.25) is 13.6 Å². The van der Waals surface area contributed by atoms with Crippen molar-refractivity contribution in [2.45, 2.75) is 0 Å². The van der Waals surface area contributed by atoms with Gasteiger partial charge in [-0.05, 0) is 0 Å². The summed E-state index contributed by atoms with van der Waals surface area (Å²) in [6.45, 7) is 1.33. The van der Waals surface area contributed by atoms with E-state index in [2.05, 4.69) is 0 Å². The summed E-state index contributed by atoms with van der Waals surface area (Å²) in [5, 5.41) is 0. The van der Waals surface area contributed by atoms with Crippen molar-refractivity contribution in [3.05, 3.63) is 0 Å². The fourth-order valence-corrected chi connectivity index (χ4v) is 1.93. The standard InChI is InChI=1S/C9H21O7P.2BrH.Mg/c1-11-4-7-14-17(10,15-8-5-12-2)16-9-6-13-3;;;/h4-9H2,1-3H3;2*1H;/q;;;+2/p-2. The van der Waals surface area contributed by atoms with E-state index in [0.29, 0.717) is 19.8 Å². The van der Waals surface area contributed by atoms with Gasteiger partial charge >= 0.3 is 30.9 Å². The van der Waals surface area contributed by atoms with Gasteiger partial charge in [0.25, 0.3) is 0 Å². The Morgan fingerprint density at radius 2 is 0.900 bits per heavy atom. The summed E-state index contributed by atoms with van der Waals surface area (Å²) in [7, 11) is 1.01. The van der Waals surface area contributed by atoms with E-state index >= 15 is 0 Å². The van der Waals surface area contributed by atoms with E-state index in [1.807, 2.05) is 0 Å². The zero-order valence-electron chi connectivity index (χ0n) is 12.0. The van der Waals surface area contributed by atoms with Gasteiger partial charge in [0.2, 0.25) is 0 Å². The van der Waals surface area contributed by atoms with E-state index in [9.17, 15) is 4.57 Å². The number of methoxy groups -OCH3 is 3. The Kier molecular flexibility index (Phi) is 30.8. The Balaban J connectivity index is -0.000000427. The number of phosphoric acid groups is 1. The number of halogens is 2. The minimum atomic E-state index is -3.55. The van der Waals surface area contributed by atoms with Crippen LogP contribution in [0.15, 0.2) is 0 Å². The van der Waals surface area contributed by atoms with Crippen molar-refractivity contribution in [1.82, 2.24) is 0 Å². The molecule has 0 amide bonds. The molecule has 0 bridgehead atoms. The largest absolute Gasteiger partial charge is 2.00 e. The molecule has 0 heterocycles. The maximum absolute atomic E-state index is 12.0. The Hall–Kier alpha value is 1.72. The Morgan fingerprint density at radius 3 is 1.10 bits per heavy atom. The van der Waals surface area contributed by atoms with Gasteiger partial charge in [0.15, 0.2) is 0 Å². The van der Waals surface area contributed by atoms with Gasteiger partial charge in [-0.25, -0.2) is 4.57 Å². The fraction of sp³-hybridized carbons (Fsp3) is 1.00. The average Bonchev–Trinajstić information content (AvgIpc) is 2.30. The maximum atomic E-state index is 12.0. The number of hydrogen-bond acceptors (Lipinski definition) is 7. The quantitative estimate of drug-likeness (QED) is 0.165. The Bertz CT molecular complexity index is 193. The second-order valence-corrected chi connectivity index (χ2v) is 4.59. The molecule has 0 unspecified atom stereocenters. The third kappa shape index (κ3) is 17.8. The summed E-state index contributed by atoms with van der Waals surface area (Å²) >= 11 is 0. The first-order valence-corrected chi connectivity index (χ1v) is 6.65. The van der Waals surface area contributed by atoms with Gasteiger partial charge in [-0.15, -0.1) is 0 Å². The van der Waals surface area contributed by atoms with Crippen LogP contribution >= 0.6 is 7.82 Å². The zero-order chi connectivity index (χ0) is 13.0. The van der Waals surface area contributed by atoms with E-state index in [1.54, 1.807) is 0 Å². The molecule has 0 saturated heterocycles. The molecule has 20 heavy (non-hydrogen) atoms. The van der Waals surface area contributed by atoms with E-state index in [4.69, 9.17) is 27.8 Å². The molecule has 0 N–H and O–H groups in total. The van der Waals surface area contributed by atoms with Gasteiger partial charge in [0.05, 0.1) is 39.6 Å². The van der Waals surface area contributed by atoms with Crippen molar-refractivity contribution in [2.75, 3.05) is 61.0 Å². The molecule has 0 spiro atoms. The van der Waals surface area contributed by atoms with Gasteiger partial charge in [-0.1, -0.05) is 0 Å². The molecular weight excluding hydrogens is 435 g/mol. The predicted octanol–water partition coefficient (Wildman–Crippen LogP) is -5.29. The maximum Gasteiger partial charge on any atom is 2.00 e. The molecule has 0 rings (SSSR count). The van der Waals surface area contributed by atoms with Crippen LogP contribution in [0.1, 0.15) is 0 Å². The minimum Gasteiger partial charge on any atom is -1.00 e. The summed E-state index contributed by atoms with van der Waals surface area (Å²) in [5.74, 6) is 0. The molecule has 0 fully saturated rings. The Labute approximate surface area is 157 Å². The minimum absolute atomic E-state index is 0. The smallest absolute Gasteiger partial charge is 1.00 e. The molecule has 0 aromatic carbocycles. The zero-order valence-corrected chi connectivity index (χ0v) is 17.5. The molecule has 0 aromatic rings. The van der Waals surface area contributed by atoms with Crippen LogP contribution in [0.5, 0.6) is 0 Å². The van der Waals surface area contributed by atoms with E-state index in [-0.39, 0.29) is 76.8 Å². The van der Waals surface area contributed by atoms with Crippen LogP contribution in [0, 0.1) is 0 Å². The number of hydrogen-bond donors (Lipinski definition) is 0. The summed E-state index contributed by atoms with van der Waals surface area (Å²) < 4.78 is 41.5. The summed E-state index contributed by atoms with van der Waals surface area (Å²) in [6.07, 6.45) is 0. The number of ether oxygens (including phenoxy) is 3. The SMILES string of the molecule is COCCOP(=O)(OCCOC)OCCOC.[Br-].[Br-].[Mg+2]. The molecule has 0 atom stereocenters. The van der Waals surface area contributed by atoms with Gasteiger partial charge in [0.1, 0.15) is 0 Å². The monoisotopic (exact) mass is 454 g/mol. The third-order valence-electron chi connectivity index (χ3n) is 1.61. The van der Waals surface area contributed by atoms with Crippen molar-refractivity contribution in [3.8, 4) is 0 Å². The number of phosphoric ester groups is 1. The van der Waals surface area contributed by atoms with Crippen molar-refractivity contribution in [3.63, 3.8) is 0 Å². The molecule has 120 valence electrons. The van der Waals surface area contributed by atoms with Gasteiger partial charge in [0, 0.05) is 21.3 Å². The van der Waals surface area contributed by atoms with Crippen molar-refractivity contribution in [1.29, 1.82) is 0 Å². The number of rotatable bonds is 12. The molecule has 0 aliphatic rings. The second kappa shape index (κ2) is 20.7. The molecule has 7 nitrogen and oxygen atoms in total. The van der Waals surface area contributed by atoms with Crippen molar-refractivity contribution >= 4 is 30.9 Å². The molecule has 0 radical (unpaired) electrons. The first-order chi connectivity index (χ1) is 8.18. The normalized spacial score (nSPS) is 10.2. The fourth-order valence-electron chi connectivity index (χ4n) is 0.809. The van der Waals surface area contributed by atoms with Crippen LogP contribution in [0.3, 0.4) is 0 Å². The summed E-state index contributed by atoms with van der Waals surface area (Å²) in [4.78, 5) is 0. The molecule has 11 heteroatoms. The second-order valence-electron chi connectivity index (χ2n) is 2.93. The molecule has 0 saturated carbocycles. The van der Waals surface area contributed by atoms with E-state index in [1.165, 1.54) is 21.3 Å². The van der Waals surface area contributed by atoms with Crippen molar-refractivity contribution in [2.24, 2.45) is 0 Å². The summed E-state index contributed by atoms with van der Waals surface area (Å²) in [6, 6.07) is 0. The Morgan fingerprint density at radius 1 is 0.650 bits per heavy atom. The topological polar surface area (TPSA) is 72.5 Å². The van der Waals surface area contributed by atoms with Gasteiger partial charge < -0.3 is 48.2 Å². The van der Waals surface area contributed by atoms with Crippen LogP contribution in [-0.4, -0.2) is 84.0 Å². The van der Waals surface area contributed by atoms with Crippen LogP contribution < -0.4 is 34.0 Å². The molecule has 0 aliphatic heterocycles. The summed E-state index contributed by atoms with van der Waals surface area (Å²) in [5.41, 5.74) is 0. The van der Waals surface area contributed by atoms with Crippen LogP contribution in [0.4, 0.5) is 0 Å². The molecular formula is C9H21Br2MgO7P. The van der Waals surface area contributed by atoms with E-state index < -0.39 is 7.82 Å². The predicted molar refractivity (Wildman–Crippen MR) is 66.8 cm³/mol. The molecule has 0 aromatic heterocycles. The van der Waals surface area contributed by atoms with Gasteiger partial charge in [-0.2, -0.15) is 0 Å². The van der Waals surface area contributed by atoms with Crippen molar-refractivity contribution < 1.29 is 66.3 Å². The average molecular weight is 456 g/mol. The third-order valence-corrected chi connectivity index (χ3v) is 3.11. The first kappa shape index (κ1) is 29.7. The van der Waals surface area contributed by atoms with Crippen LogP contribution in [0.25, 0.3) is 0 Å². The molecule has 0 aliphatic carbocycles. The first-order valence-electron chi connectivity index (χ1n) is 5.19. The van der Waals surface area contributed by atoms with E-state index in [0.717, 1.165) is 0 Å². The van der Waals surface area contributed by atoms with Crippen LogP contribution in [0.2, 0.25) is 0 Å².